The van der Waals surface area contributed by atoms with Crippen LogP contribution >= 0.6 is 0 Å². The minimum atomic E-state index is 0.126. The molecule has 1 amide bonds. The van der Waals surface area contributed by atoms with Crippen LogP contribution in [0.5, 0.6) is 0 Å². The van der Waals surface area contributed by atoms with Crippen molar-refractivity contribution in [2.45, 2.75) is 47.1 Å². The maximum atomic E-state index is 12.3. The van der Waals surface area contributed by atoms with Gasteiger partial charge in [0.15, 0.2) is 0 Å². The summed E-state index contributed by atoms with van der Waals surface area (Å²) in [5.41, 5.74) is 5.78. The van der Waals surface area contributed by atoms with E-state index < -0.39 is 0 Å². The first-order valence-electron chi connectivity index (χ1n) is 6.14. The number of carbonyl (C=O) groups excluding carboxylic acids is 1. The Morgan fingerprint density at radius 3 is 2.06 bits per heavy atom. The lowest BCUT2D eigenvalue weighted by Crippen LogP contribution is -2.38. The van der Waals surface area contributed by atoms with Gasteiger partial charge in [0.05, 0.1) is 0 Å². The summed E-state index contributed by atoms with van der Waals surface area (Å²) in [6.07, 6.45) is 0.871. The molecule has 1 fully saturated rings. The van der Waals surface area contributed by atoms with Crippen molar-refractivity contribution in [2.75, 3.05) is 13.6 Å². The molecule has 0 aromatic heterocycles. The van der Waals surface area contributed by atoms with E-state index in [9.17, 15) is 4.79 Å². The van der Waals surface area contributed by atoms with Crippen molar-refractivity contribution in [1.29, 1.82) is 0 Å². The van der Waals surface area contributed by atoms with E-state index in [1.807, 2.05) is 11.9 Å². The lowest BCUT2D eigenvalue weighted by atomic mass is 10.0. The average molecular weight is 226 g/mol. The largest absolute Gasteiger partial charge is 0.343 e. The third-order valence-corrected chi connectivity index (χ3v) is 4.86. The Balaban J connectivity index is 2.67. The van der Waals surface area contributed by atoms with Gasteiger partial charge in [-0.3, -0.25) is 4.79 Å². The van der Waals surface area contributed by atoms with Gasteiger partial charge in [0, 0.05) is 19.0 Å². The summed E-state index contributed by atoms with van der Waals surface area (Å²) in [4.78, 5) is 14.2. The van der Waals surface area contributed by atoms with Gasteiger partial charge in [-0.15, -0.1) is 0 Å². The Hall–Kier alpha value is -0.570. The summed E-state index contributed by atoms with van der Waals surface area (Å²) in [5, 5.41) is 0. The minimum Gasteiger partial charge on any atom is -0.343 e. The molecule has 0 bridgehead atoms. The quantitative estimate of drug-likeness (QED) is 0.795. The van der Waals surface area contributed by atoms with E-state index >= 15 is 0 Å². The molecular formula is C13H26N2O. The van der Waals surface area contributed by atoms with E-state index in [0.717, 1.165) is 6.42 Å². The van der Waals surface area contributed by atoms with Gasteiger partial charge < -0.3 is 10.6 Å². The Labute approximate surface area is 99.4 Å². The molecule has 0 aromatic rings. The maximum absolute atomic E-state index is 12.3. The normalized spacial score (nSPS) is 23.9. The fourth-order valence-electron chi connectivity index (χ4n) is 2.67. The second-order valence-corrected chi connectivity index (χ2v) is 6.25. The first kappa shape index (κ1) is 13.5. The van der Waals surface area contributed by atoms with Crippen LogP contribution in [0.2, 0.25) is 0 Å². The van der Waals surface area contributed by atoms with Gasteiger partial charge in [-0.05, 0) is 30.7 Å². The molecule has 1 rings (SSSR count). The fourth-order valence-corrected chi connectivity index (χ4v) is 2.67. The van der Waals surface area contributed by atoms with Gasteiger partial charge in [0.25, 0.3) is 0 Å². The van der Waals surface area contributed by atoms with Gasteiger partial charge in [0.2, 0.25) is 5.91 Å². The molecule has 16 heavy (non-hydrogen) atoms. The highest BCUT2D eigenvalue weighted by atomic mass is 16.2. The van der Waals surface area contributed by atoms with Crippen LogP contribution in [0.1, 0.15) is 41.0 Å². The Bertz CT molecular complexity index is 270. The maximum Gasteiger partial charge on any atom is 0.226 e. The lowest BCUT2D eigenvalue weighted by Gasteiger charge is -2.25. The summed E-state index contributed by atoms with van der Waals surface area (Å²) >= 11 is 0. The molecule has 1 saturated carbocycles. The average Bonchev–Trinajstić information content (AvgIpc) is 2.56. The van der Waals surface area contributed by atoms with Crippen molar-refractivity contribution >= 4 is 5.91 Å². The van der Waals surface area contributed by atoms with E-state index in [4.69, 9.17) is 5.73 Å². The number of nitrogens with zero attached hydrogens (tertiary/aromatic N) is 1. The van der Waals surface area contributed by atoms with Crippen molar-refractivity contribution < 1.29 is 4.79 Å². The van der Waals surface area contributed by atoms with Crippen LogP contribution in [-0.2, 0) is 4.79 Å². The van der Waals surface area contributed by atoms with Crippen LogP contribution in [0.4, 0.5) is 0 Å². The smallest absolute Gasteiger partial charge is 0.226 e. The lowest BCUT2D eigenvalue weighted by molar-refractivity contribution is -0.134. The van der Waals surface area contributed by atoms with E-state index in [-0.39, 0.29) is 28.7 Å². The van der Waals surface area contributed by atoms with Gasteiger partial charge >= 0.3 is 0 Å². The first-order chi connectivity index (χ1) is 7.17. The molecule has 1 aliphatic rings. The van der Waals surface area contributed by atoms with Crippen LogP contribution in [0.3, 0.4) is 0 Å². The summed E-state index contributed by atoms with van der Waals surface area (Å²) in [6, 6.07) is 0.240. The van der Waals surface area contributed by atoms with Crippen molar-refractivity contribution in [1.82, 2.24) is 4.90 Å². The van der Waals surface area contributed by atoms with E-state index in [1.54, 1.807) is 0 Å². The monoisotopic (exact) mass is 226 g/mol. The van der Waals surface area contributed by atoms with Gasteiger partial charge in [-0.1, -0.05) is 27.7 Å². The van der Waals surface area contributed by atoms with Crippen LogP contribution in [0.25, 0.3) is 0 Å². The van der Waals surface area contributed by atoms with E-state index in [0.29, 0.717) is 6.54 Å². The number of rotatable bonds is 4. The van der Waals surface area contributed by atoms with E-state index in [2.05, 4.69) is 34.6 Å². The highest BCUT2D eigenvalue weighted by Crippen LogP contribution is 2.68. The number of hydrogen-bond donors (Lipinski definition) is 1. The number of nitrogens with two attached hydrogens (primary N) is 1. The molecule has 3 nitrogen and oxygen atoms in total. The predicted molar refractivity (Wildman–Crippen MR) is 67.0 cm³/mol. The second-order valence-electron chi connectivity index (χ2n) is 6.25. The molecule has 0 heterocycles. The summed E-state index contributed by atoms with van der Waals surface area (Å²) in [6.45, 7) is 11.4. The van der Waals surface area contributed by atoms with Crippen LogP contribution in [0.15, 0.2) is 0 Å². The molecule has 0 radical (unpaired) electrons. The molecule has 0 spiro atoms. The molecule has 0 aromatic carbocycles. The van der Waals surface area contributed by atoms with Crippen molar-refractivity contribution in [3.05, 3.63) is 0 Å². The molecule has 94 valence electrons. The zero-order valence-electron chi connectivity index (χ0n) is 11.5. The van der Waals surface area contributed by atoms with E-state index in [1.165, 1.54) is 0 Å². The van der Waals surface area contributed by atoms with Crippen LogP contribution < -0.4 is 5.73 Å². The summed E-state index contributed by atoms with van der Waals surface area (Å²) in [5.74, 6) is 0.432. The third kappa shape index (κ3) is 1.86. The highest BCUT2D eigenvalue weighted by Gasteiger charge is 2.68. The Morgan fingerprint density at radius 2 is 1.75 bits per heavy atom. The number of carbonyl (C=O) groups is 1. The second kappa shape index (κ2) is 4.02. The molecule has 1 atom stereocenters. The minimum absolute atomic E-state index is 0.126. The molecule has 0 aliphatic heterocycles. The summed E-state index contributed by atoms with van der Waals surface area (Å²) < 4.78 is 0. The summed E-state index contributed by atoms with van der Waals surface area (Å²) in [7, 11) is 1.90. The van der Waals surface area contributed by atoms with Gasteiger partial charge in [0.1, 0.15) is 0 Å². The molecule has 3 heteroatoms. The topological polar surface area (TPSA) is 46.3 Å². The molecule has 0 saturated heterocycles. The third-order valence-electron chi connectivity index (χ3n) is 4.86. The van der Waals surface area contributed by atoms with Crippen LogP contribution in [-0.4, -0.2) is 30.4 Å². The fraction of sp³-hybridized carbons (Fsp3) is 0.923. The van der Waals surface area contributed by atoms with Gasteiger partial charge in [-0.2, -0.15) is 0 Å². The van der Waals surface area contributed by atoms with Gasteiger partial charge in [-0.25, -0.2) is 0 Å². The van der Waals surface area contributed by atoms with Crippen molar-refractivity contribution in [3.8, 4) is 0 Å². The molecule has 1 aliphatic carbocycles. The highest BCUT2D eigenvalue weighted by molar-refractivity contribution is 5.84. The SMILES string of the molecule is CC(CCN)N(C)C(=O)C1C(C)(C)C1(C)C. The zero-order valence-corrected chi connectivity index (χ0v) is 11.5. The van der Waals surface area contributed by atoms with Crippen molar-refractivity contribution in [2.24, 2.45) is 22.5 Å². The number of amides is 1. The Morgan fingerprint density at radius 1 is 1.31 bits per heavy atom. The Kier molecular flexibility index (Phi) is 3.39. The predicted octanol–water partition coefficient (Wildman–Crippen LogP) is 1.86. The number of hydrogen-bond acceptors (Lipinski definition) is 2. The first-order valence-corrected chi connectivity index (χ1v) is 6.14. The molecule has 1 unspecified atom stereocenters. The van der Waals surface area contributed by atoms with Crippen molar-refractivity contribution in [3.63, 3.8) is 0 Å². The zero-order chi connectivity index (χ0) is 12.7. The van der Waals surface area contributed by atoms with Crippen LogP contribution in [0, 0.1) is 16.7 Å². The molecular weight excluding hydrogens is 200 g/mol. The molecule has 2 N–H and O–H groups in total. The standard InChI is InChI=1S/C13H26N2O/c1-9(7-8-14)15(6)11(16)10-12(2,3)13(10,4)5/h9-10H,7-8,14H2,1-6H3.